The van der Waals surface area contributed by atoms with Crippen molar-refractivity contribution in [3.63, 3.8) is 0 Å². The van der Waals surface area contributed by atoms with Crippen LogP contribution in [0.4, 0.5) is 0 Å². The average molecular weight is 769 g/mol. The summed E-state index contributed by atoms with van der Waals surface area (Å²) in [6, 6.07) is 0. The van der Waals surface area contributed by atoms with E-state index in [1.807, 2.05) is 0 Å². The van der Waals surface area contributed by atoms with Crippen LogP contribution in [0.25, 0.3) is 0 Å². The largest absolute Gasteiger partial charge is 0.457 e. The normalized spacial score (nSPS) is 12.9. The molecule has 0 fully saturated rings. The number of rotatable bonds is 44. The molecule has 0 spiro atoms. The van der Waals surface area contributed by atoms with E-state index in [1.165, 1.54) is 161 Å². The maximum atomic E-state index is 12.3. The van der Waals surface area contributed by atoms with Gasteiger partial charge in [-0.3, -0.25) is 4.79 Å². The molecule has 4 nitrogen and oxygen atoms in total. The van der Waals surface area contributed by atoms with Gasteiger partial charge in [0.05, 0.1) is 13.2 Å². The summed E-state index contributed by atoms with van der Waals surface area (Å²) in [5.41, 5.74) is 0. The summed E-state index contributed by atoms with van der Waals surface area (Å²) in [5.74, 6) is -0.205. The summed E-state index contributed by atoms with van der Waals surface area (Å²) in [6.07, 6.45) is 64.4. The molecule has 0 bridgehead atoms. The Morgan fingerprint density at radius 3 is 1.25 bits per heavy atom. The van der Waals surface area contributed by atoms with Gasteiger partial charge in [0.2, 0.25) is 0 Å². The molecular formula is C51H92O4. The van der Waals surface area contributed by atoms with Crippen LogP contribution in [0.1, 0.15) is 232 Å². The van der Waals surface area contributed by atoms with Gasteiger partial charge in [-0.15, -0.1) is 0 Å². The van der Waals surface area contributed by atoms with Gasteiger partial charge in [-0.05, 0) is 77.0 Å². The van der Waals surface area contributed by atoms with Gasteiger partial charge in [0.15, 0.2) is 0 Å². The van der Waals surface area contributed by atoms with Gasteiger partial charge in [-0.1, -0.05) is 209 Å². The summed E-state index contributed by atoms with van der Waals surface area (Å²) in [5, 5.41) is 9.63. The van der Waals surface area contributed by atoms with Crippen molar-refractivity contribution in [3.05, 3.63) is 60.8 Å². The first kappa shape index (κ1) is 53.1. The number of ether oxygens (including phenoxy) is 2. The maximum absolute atomic E-state index is 12.3. The highest BCUT2D eigenvalue weighted by Crippen LogP contribution is 2.15. The smallest absolute Gasteiger partial charge is 0.306 e. The number of carbonyl (C=O) groups excluding carboxylic acids is 1. The summed E-state index contributed by atoms with van der Waals surface area (Å²) in [4.78, 5) is 12.3. The minimum atomic E-state index is -0.543. The maximum Gasteiger partial charge on any atom is 0.306 e. The summed E-state index contributed by atoms with van der Waals surface area (Å²) < 4.78 is 11.2. The summed E-state index contributed by atoms with van der Waals surface area (Å²) >= 11 is 0. The Bertz CT molecular complexity index is 900. The molecule has 0 saturated heterocycles. The van der Waals surface area contributed by atoms with Gasteiger partial charge in [0.1, 0.15) is 6.10 Å². The van der Waals surface area contributed by atoms with Crippen LogP contribution < -0.4 is 0 Å². The molecular weight excluding hydrogens is 677 g/mol. The van der Waals surface area contributed by atoms with Crippen molar-refractivity contribution in [3.8, 4) is 0 Å². The van der Waals surface area contributed by atoms with Gasteiger partial charge >= 0.3 is 5.97 Å². The van der Waals surface area contributed by atoms with Crippen molar-refractivity contribution in [1.82, 2.24) is 0 Å². The van der Waals surface area contributed by atoms with Crippen molar-refractivity contribution in [1.29, 1.82) is 0 Å². The average Bonchev–Trinajstić information content (AvgIpc) is 3.19. The molecule has 0 aromatic heterocycles. The van der Waals surface area contributed by atoms with E-state index in [0.717, 1.165) is 51.4 Å². The van der Waals surface area contributed by atoms with E-state index in [4.69, 9.17) is 9.47 Å². The number of allylic oxidation sites excluding steroid dienone is 10. The second kappa shape index (κ2) is 48.2. The lowest BCUT2D eigenvalue weighted by molar-refractivity contribution is -0.154. The first-order chi connectivity index (χ1) is 27.2. The van der Waals surface area contributed by atoms with Crippen molar-refractivity contribution >= 4 is 5.97 Å². The minimum Gasteiger partial charge on any atom is -0.457 e. The van der Waals surface area contributed by atoms with E-state index < -0.39 is 6.10 Å². The summed E-state index contributed by atoms with van der Waals surface area (Å²) in [7, 11) is 0. The van der Waals surface area contributed by atoms with Crippen LogP contribution >= 0.6 is 0 Å². The zero-order valence-corrected chi connectivity index (χ0v) is 36.7. The van der Waals surface area contributed by atoms with E-state index in [9.17, 15) is 9.90 Å². The Morgan fingerprint density at radius 2 is 0.818 bits per heavy atom. The third kappa shape index (κ3) is 46.4. The Hall–Kier alpha value is -1.91. The molecule has 320 valence electrons. The Balaban J connectivity index is 3.43. The zero-order valence-electron chi connectivity index (χ0n) is 36.7. The quantitative estimate of drug-likeness (QED) is 0.0381. The third-order valence-electron chi connectivity index (χ3n) is 10.3. The number of hydrogen-bond acceptors (Lipinski definition) is 4. The van der Waals surface area contributed by atoms with E-state index >= 15 is 0 Å². The number of aliphatic hydroxyl groups is 1. The van der Waals surface area contributed by atoms with Crippen molar-refractivity contribution in [2.45, 2.75) is 238 Å². The van der Waals surface area contributed by atoms with Crippen LogP contribution in [0.3, 0.4) is 0 Å². The molecule has 0 rings (SSSR count). The van der Waals surface area contributed by atoms with Gasteiger partial charge in [-0.2, -0.15) is 0 Å². The van der Waals surface area contributed by atoms with Crippen molar-refractivity contribution in [2.24, 2.45) is 0 Å². The molecule has 0 radical (unpaired) electrons. The Kier molecular flexibility index (Phi) is 46.6. The number of aliphatic hydroxyl groups excluding tert-OH is 1. The number of esters is 1. The standard InChI is InChI=1S/C51H92O4/c1-3-5-7-9-11-13-15-17-19-21-23-25-26-27-28-30-32-34-36-38-40-42-44-46-51(53)55-50(48-52)49-54-47-45-43-41-39-37-35-33-31-29-24-22-20-18-16-14-12-10-8-6-4-2/h6,8,12,14,18,20-21,23-24,29,50,52H,3-5,7,9-11,13,15-17,19,22,25-28,30-49H2,1-2H3/b8-6-,14-12-,20-18-,23-21-,29-24-. The third-order valence-corrected chi connectivity index (χ3v) is 10.3. The van der Waals surface area contributed by atoms with Gasteiger partial charge in [0.25, 0.3) is 0 Å². The highest BCUT2D eigenvalue weighted by atomic mass is 16.6. The molecule has 0 aliphatic heterocycles. The molecule has 0 aliphatic carbocycles. The molecule has 0 aromatic carbocycles. The minimum absolute atomic E-state index is 0.177. The van der Waals surface area contributed by atoms with Crippen LogP contribution in [-0.4, -0.2) is 37.0 Å². The zero-order chi connectivity index (χ0) is 39.8. The van der Waals surface area contributed by atoms with Crippen molar-refractivity contribution < 1.29 is 19.4 Å². The highest BCUT2D eigenvalue weighted by Gasteiger charge is 2.13. The lowest BCUT2D eigenvalue weighted by Gasteiger charge is -2.16. The molecule has 55 heavy (non-hydrogen) atoms. The topological polar surface area (TPSA) is 55.8 Å². The van der Waals surface area contributed by atoms with Crippen LogP contribution in [0.2, 0.25) is 0 Å². The predicted octanol–water partition coefficient (Wildman–Crippen LogP) is 16.0. The van der Waals surface area contributed by atoms with Gasteiger partial charge < -0.3 is 14.6 Å². The van der Waals surface area contributed by atoms with Gasteiger partial charge in [-0.25, -0.2) is 0 Å². The Morgan fingerprint density at radius 1 is 0.455 bits per heavy atom. The number of carbonyl (C=O) groups is 1. The molecule has 0 heterocycles. The van der Waals surface area contributed by atoms with Crippen LogP contribution in [0.15, 0.2) is 60.8 Å². The lowest BCUT2D eigenvalue weighted by atomic mass is 10.0. The van der Waals surface area contributed by atoms with Crippen LogP contribution in [0, 0.1) is 0 Å². The van der Waals surface area contributed by atoms with Crippen LogP contribution in [0.5, 0.6) is 0 Å². The molecule has 0 aromatic rings. The first-order valence-corrected chi connectivity index (χ1v) is 23.9. The number of unbranched alkanes of at least 4 members (excludes halogenated alkanes) is 26. The summed E-state index contributed by atoms with van der Waals surface area (Å²) in [6.45, 7) is 5.23. The highest BCUT2D eigenvalue weighted by molar-refractivity contribution is 5.69. The first-order valence-electron chi connectivity index (χ1n) is 23.9. The SMILES string of the molecule is CC/C=C\C/C=C\C/C=C\C/C=C\CCCCCCCCCOCC(CO)OC(=O)CCCCCCCCCCCCC/C=C\CCCCCCCCCC. The molecule has 1 N–H and O–H groups in total. The number of hydrogen-bond donors (Lipinski definition) is 1. The van der Waals surface area contributed by atoms with Crippen LogP contribution in [-0.2, 0) is 14.3 Å². The second-order valence-corrected chi connectivity index (χ2v) is 15.8. The van der Waals surface area contributed by atoms with E-state index in [2.05, 4.69) is 74.6 Å². The molecule has 0 amide bonds. The van der Waals surface area contributed by atoms with E-state index in [0.29, 0.717) is 13.0 Å². The fraction of sp³-hybridized carbons (Fsp3) is 0.784. The van der Waals surface area contributed by atoms with Gasteiger partial charge in [0, 0.05) is 13.0 Å². The molecule has 1 unspecified atom stereocenters. The van der Waals surface area contributed by atoms with Crippen molar-refractivity contribution in [2.75, 3.05) is 19.8 Å². The monoisotopic (exact) mass is 769 g/mol. The molecule has 0 aliphatic rings. The predicted molar refractivity (Wildman–Crippen MR) is 242 cm³/mol. The lowest BCUT2D eigenvalue weighted by Crippen LogP contribution is -2.27. The van der Waals surface area contributed by atoms with E-state index in [-0.39, 0.29) is 19.2 Å². The fourth-order valence-electron chi connectivity index (χ4n) is 6.79. The van der Waals surface area contributed by atoms with E-state index in [1.54, 1.807) is 0 Å². The molecule has 0 saturated carbocycles. The molecule has 4 heteroatoms. The second-order valence-electron chi connectivity index (χ2n) is 15.8. The molecule has 1 atom stereocenters. The fourth-order valence-corrected chi connectivity index (χ4v) is 6.79. The Labute approximate surface area is 343 Å².